The van der Waals surface area contributed by atoms with E-state index in [9.17, 15) is 0 Å². The van der Waals surface area contributed by atoms with Crippen LogP contribution >= 0.6 is 23.2 Å². The Kier molecular flexibility index (Phi) is 4.35. The molecule has 0 N–H and O–H groups in total. The molecule has 0 saturated carbocycles. The fourth-order valence-electron chi connectivity index (χ4n) is 2.55. The summed E-state index contributed by atoms with van der Waals surface area (Å²) in [6, 6.07) is 6.04. The van der Waals surface area contributed by atoms with Crippen LogP contribution in [0, 0.1) is 5.92 Å². The molecule has 1 aliphatic heterocycles. The minimum absolute atomic E-state index is 0.614. The Balaban J connectivity index is 2.02. The van der Waals surface area contributed by atoms with Gasteiger partial charge in [-0.05, 0) is 42.5 Å². The van der Waals surface area contributed by atoms with E-state index in [1.807, 2.05) is 12.1 Å². The van der Waals surface area contributed by atoms with Gasteiger partial charge >= 0.3 is 0 Å². The zero-order valence-corrected chi connectivity index (χ0v) is 11.9. The van der Waals surface area contributed by atoms with Crippen molar-refractivity contribution in [2.75, 3.05) is 19.6 Å². The molecule has 1 fully saturated rings. The van der Waals surface area contributed by atoms with Crippen LogP contribution in [-0.2, 0) is 0 Å². The van der Waals surface area contributed by atoms with E-state index < -0.39 is 0 Å². The molecule has 1 aromatic carbocycles. The standard InChI is InChI=1S/C14H19Cl2N/c1-10(2)8-17-6-5-12(9-17)11-3-4-13(15)14(16)7-11/h3-4,7,10,12H,5-6,8-9H2,1-2H3. The topological polar surface area (TPSA) is 3.24 Å². The molecular formula is C14H19Cl2N. The molecule has 0 spiro atoms. The number of rotatable bonds is 3. The van der Waals surface area contributed by atoms with E-state index in [1.54, 1.807) is 0 Å². The summed E-state index contributed by atoms with van der Waals surface area (Å²) in [5, 5.41) is 1.32. The molecule has 2 rings (SSSR count). The Morgan fingerprint density at radius 1 is 1.29 bits per heavy atom. The maximum atomic E-state index is 6.07. The molecule has 1 aromatic rings. The van der Waals surface area contributed by atoms with Gasteiger partial charge in [0.15, 0.2) is 0 Å². The van der Waals surface area contributed by atoms with E-state index in [-0.39, 0.29) is 0 Å². The molecule has 94 valence electrons. The molecule has 0 amide bonds. The summed E-state index contributed by atoms with van der Waals surface area (Å²) >= 11 is 12.0. The fraction of sp³-hybridized carbons (Fsp3) is 0.571. The van der Waals surface area contributed by atoms with Crippen LogP contribution in [0.1, 0.15) is 31.7 Å². The predicted molar refractivity (Wildman–Crippen MR) is 75.1 cm³/mol. The zero-order valence-electron chi connectivity index (χ0n) is 10.4. The maximum Gasteiger partial charge on any atom is 0.0595 e. The minimum Gasteiger partial charge on any atom is -0.302 e. The Labute approximate surface area is 114 Å². The van der Waals surface area contributed by atoms with E-state index in [2.05, 4.69) is 24.8 Å². The van der Waals surface area contributed by atoms with Crippen molar-refractivity contribution in [3.05, 3.63) is 33.8 Å². The first-order valence-corrected chi connectivity index (χ1v) is 6.99. The Bertz CT molecular complexity index is 390. The third-order valence-corrected chi connectivity index (χ3v) is 4.05. The van der Waals surface area contributed by atoms with Crippen molar-refractivity contribution in [1.29, 1.82) is 0 Å². The van der Waals surface area contributed by atoms with Gasteiger partial charge in [0.2, 0.25) is 0 Å². The molecule has 3 heteroatoms. The second-order valence-corrected chi connectivity index (χ2v) is 6.13. The smallest absolute Gasteiger partial charge is 0.0595 e. The average molecular weight is 272 g/mol. The number of benzene rings is 1. The van der Waals surface area contributed by atoms with Gasteiger partial charge < -0.3 is 4.90 Å². The summed E-state index contributed by atoms with van der Waals surface area (Å²) in [5.74, 6) is 1.35. The Hall–Kier alpha value is -0.240. The van der Waals surface area contributed by atoms with E-state index in [4.69, 9.17) is 23.2 Å². The highest BCUT2D eigenvalue weighted by Gasteiger charge is 2.24. The fourth-order valence-corrected chi connectivity index (χ4v) is 2.86. The summed E-state index contributed by atoms with van der Waals surface area (Å²) in [5.41, 5.74) is 1.32. The average Bonchev–Trinajstić information content (AvgIpc) is 2.69. The zero-order chi connectivity index (χ0) is 12.4. The van der Waals surface area contributed by atoms with Gasteiger partial charge in [0.1, 0.15) is 0 Å². The maximum absolute atomic E-state index is 6.07. The van der Waals surface area contributed by atoms with Gasteiger partial charge in [-0.1, -0.05) is 43.1 Å². The SMILES string of the molecule is CC(C)CN1CCC(c2ccc(Cl)c(Cl)c2)C1. The summed E-state index contributed by atoms with van der Waals surface area (Å²) in [4.78, 5) is 2.54. The Morgan fingerprint density at radius 3 is 2.71 bits per heavy atom. The van der Waals surface area contributed by atoms with Crippen LogP contribution in [0.4, 0.5) is 0 Å². The first-order valence-electron chi connectivity index (χ1n) is 6.23. The number of nitrogens with zero attached hydrogens (tertiary/aromatic N) is 1. The molecular weight excluding hydrogens is 253 g/mol. The monoisotopic (exact) mass is 271 g/mol. The van der Waals surface area contributed by atoms with Crippen molar-refractivity contribution in [1.82, 2.24) is 4.90 Å². The van der Waals surface area contributed by atoms with Crippen molar-refractivity contribution in [3.8, 4) is 0 Å². The third kappa shape index (κ3) is 3.37. The molecule has 1 saturated heterocycles. The van der Waals surface area contributed by atoms with E-state index in [0.717, 1.165) is 12.5 Å². The van der Waals surface area contributed by atoms with Gasteiger partial charge in [0.25, 0.3) is 0 Å². The highest BCUT2D eigenvalue weighted by atomic mass is 35.5. The van der Waals surface area contributed by atoms with Crippen molar-refractivity contribution >= 4 is 23.2 Å². The lowest BCUT2D eigenvalue weighted by Crippen LogP contribution is -2.24. The molecule has 1 heterocycles. The molecule has 17 heavy (non-hydrogen) atoms. The third-order valence-electron chi connectivity index (χ3n) is 3.31. The van der Waals surface area contributed by atoms with Crippen molar-refractivity contribution in [3.63, 3.8) is 0 Å². The molecule has 1 atom stereocenters. The molecule has 1 nitrogen and oxygen atoms in total. The van der Waals surface area contributed by atoms with Gasteiger partial charge in [0, 0.05) is 13.1 Å². The van der Waals surface area contributed by atoms with Crippen LogP contribution in [0.5, 0.6) is 0 Å². The van der Waals surface area contributed by atoms with Gasteiger partial charge in [-0.2, -0.15) is 0 Å². The molecule has 0 radical (unpaired) electrons. The molecule has 0 aliphatic carbocycles. The summed E-state index contributed by atoms with van der Waals surface area (Å²) < 4.78 is 0. The van der Waals surface area contributed by atoms with Crippen molar-refractivity contribution in [2.45, 2.75) is 26.2 Å². The minimum atomic E-state index is 0.614. The first kappa shape index (κ1) is 13.2. The molecule has 1 unspecified atom stereocenters. The quantitative estimate of drug-likeness (QED) is 0.786. The Morgan fingerprint density at radius 2 is 2.06 bits per heavy atom. The second kappa shape index (κ2) is 5.60. The van der Waals surface area contributed by atoms with E-state index in [0.29, 0.717) is 16.0 Å². The summed E-state index contributed by atoms with van der Waals surface area (Å²) in [6.07, 6.45) is 1.23. The molecule has 0 bridgehead atoms. The van der Waals surface area contributed by atoms with Crippen LogP contribution < -0.4 is 0 Å². The molecule has 1 aliphatic rings. The van der Waals surface area contributed by atoms with Crippen molar-refractivity contribution < 1.29 is 0 Å². The lowest BCUT2D eigenvalue weighted by Gasteiger charge is -2.18. The van der Waals surface area contributed by atoms with Gasteiger partial charge in [-0.25, -0.2) is 0 Å². The lowest BCUT2D eigenvalue weighted by atomic mass is 9.99. The number of likely N-dealkylation sites (tertiary alicyclic amines) is 1. The van der Waals surface area contributed by atoms with Gasteiger partial charge in [0.05, 0.1) is 10.0 Å². The largest absolute Gasteiger partial charge is 0.302 e. The highest BCUT2D eigenvalue weighted by Crippen LogP contribution is 2.31. The summed E-state index contributed by atoms with van der Waals surface area (Å²) in [7, 11) is 0. The first-order chi connectivity index (χ1) is 8.06. The van der Waals surface area contributed by atoms with Gasteiger partial charge in [-0.3, -0.25) is 0 Å². The summed E-state index contributed by atoms with van der Waals surface area (Å²) in [6.45, 7) is 8.08. The van der Waals surface area contributed by atoms with Crippen LogP contribution in [0.2, 0.25) is 10.0 Å². The van der Waals surface area contributed by atoms with Crippen LogP contribution in [0.25, 0.3) is 0 Å². The number of hydrogen-bond acceptors (Lipinski definition) is 1. The van der Waals surface area contributed by atoms with Gasteiger partial charge in [-0.15, -0.1) is 0 Å². The van der Waals surface area contributed by atoms with Crippen LogP contribution in [0.15, 0.2) is 18.2 Å². The highest BCUT2D eigenvalue weighted by molar-refractivity contribution is 6.42. The predicted octanol–water partition coefficient (Wildman–Crippen LogP) is 4.44. The van der Waals surface area contributed by atoms with E-state index in [1.165, 1.54) is 25.1 Å². The molecule has 0 aromatic heterocycles. The normalized spacial score (nSPS) is 21.4. The lowest BCUT2D eigenvalue weighted by molar-refractivity contribution is 0.295. The van der Waals surface area contributed by atoms with Crippen LogP contribution in [0.3, 0.4) is 0 Å². The number of hydrogen-bond donors (Lipinski definition) is 0. The van der Waals surface area contributed by atoms with Crippen LogP contribution in [-0.4, -0.2) is 24.5 Å². The van der Waals surface area contributed by atoms with Crippen molar-refractivity contribution in [2.24, 2.45) is 5.92 Å². The van der Waals surface area contributed by atoms with E-state index >= 15 is 0 Å². The number of halogens is 2. The second-order valence-electron chi connectivity index (χ2n) is 5.31.